The molecule has 0 saturated heterocycles. The summed E-state index contributed by atoms with van der Waals surface area (Å²) in [6.45, 7) is 0. The van der Waals surface area contributed by atoms with Crippen LogP contribution >= 0.6 is 0 Å². The number of aromatic amines is 2. The van der Waals surface area contributed by atoms with E-state index in [-0.39, 0.29) is 242 Å². The van der Waals surface area contributed by atoms with Gasteiger partial charge >= 0.3 is 12.1 Å². The average Bonchev–Trinajstić information content (AvgIpc) is 3.14. The molecule has 0 aliphatic carbocycles. The maximum absolute atomic E-state index is 11.7. The number of aromatic hydroxyl groups is 2. The van der Waals surface area contributed by atoms with Crippen LogP contribution in [0.15, 0.2) is 142 Å². The second kappa shape index (κ2) is 76.4. The van der Waals surface area contributed by atoms with Crippen LogP contribution in [0.3, 0.4) is 0 Å². The molecule has 0 saturated carbocycles. The molecule has 6 rings (SSSR count). The molecule has 4 aromatic carbocycles. The molecule has 0 fully saturated rings. The van der Waals surface area contributed by atoms with Crippen molar-refractivity contribution in [2.45, 2.75) is 0 Å². The van der Waals surface area contributed by atoms with Gasteiger partial charge in [-0.05, 0) is 33.7 Å². The first-order valence-electron chi connectivity index (χ1n) is 15.1. The summed E-state index contributed by atoms with van der Waals surface area (Å²) in [5.41, 5.74) is 11.9. The van der Waals surface area contributed by atoms with E-state index in [0.717, 1.165) is 32.7 Å². The van der Waals surface area contributed by atoms with E-state index < -0.39 is 12.1 Å². The van der Waals surface area contributed by atoms with Gasteiger partial charge in [-0.15, -0.1) is 0 Å². The molecule has 0 atom stereocenters. The molecule has 0 radical (unpaired) electrons. The van der Waals surface area contributed by atoms with Crippen molar-refractivity contribution in [3.63, 3.8) is 0 Å². The van der Waals surface area contributed by atoms with E-state index in [9.17, 15) is 19.8 Å². The summed E-state index contributed by atoms with van der Waals surface area (Å²) in [5.74, 6) is 0.173. The Balaban J connectivity index is -0.0000000307. The number of phenolic OH excluding ortho intramolecular Hbond substituents is 2. The number of H-pyrrole nitrogens is 2. The number of nitrogens with zero attached hydrogens (tertiary/aromatic N) is 4. The number of aromatic nitrogens is 2. The van der Waals surface area contributed by atoms with Gasteiger partial charge in [-0.25, -0.2) is 41.3 Å². The molecule has 436 valence electrons. The molecule has 6 aromatic rings. The molecule has 33 nitrogen and oxygen atoms in total. The molecule has 0 aliphatic rings. The predicted octanol–water partition coefficient (Wildman–Crippen LogP) is 1.78. The summed E-state index contributed by atoms with van der Waals surface area (Å²) < 4.78 is 0. The summed E-state index contributed by atoms with van der Waals surface area (Å²) in [7, 11) is 0. The number of hydrazone groups is 4. The zero-order valence-corrected chi connectivity index (χ0v) is 48.6. The molecule has 39 heteroatoms. The van der Waals surface area contributed by atoms with Gasteiger partial charge in [0.15, 0.2) is 24.8 Å². The normalized spacial score (nSPS) is 7.47. The van der Waals surface area contributed by atoms with Crippen molar-refractivity contribution in [3.8, 4) is 11.5 Å². The number of phenols is 2. The van der Waals surface area contributed by atoms with Crippen molar-refractivity contribution < 1.29 is 260 Å². The van der Waals surface area contributed by atoms with Gasteiger partial charge in [-0.1, -0.05) is 60.7 Å². The number of urea groups is 2. The van der Waals surface area contributed by atoms with E-state index in [1.54, 1.807) is 36.9 Å². The Morgan fingerprint density at radius 2 is 0.587 bits per heavy atom. The standard InChI is InChI=1S/2C18H15N5O2.6Mo.19O/c2*24-17-6-5-14-3-1-2-4-15(14)16(17)12-21-23-18(25)22-20-11-13-7-9-19-10-8-13;;;;;;;;;;;;;;;;;;;;;;;;;/h2*1-12,24H,(H2,22,23,25);;;;;;;;;;;;;;;;;;;;;;;;;/q;;;;;;;;19*-2/p+2/b2*20-11+,21-12+;;;;;;;;;;;;;;;;;;;;;;;;;. The Kier molecular flexibility index (Phi) is 142. The van der Waals surface area contributed by atoms with Crippen molar-refractivity contribution in [2.75, 3.05) is 0 Å². The number of rotatable bonds is 8. The van der Waals surface area contributed by atoms with Crippen molar-refractivity contribution in [1.82, 2.24) is 21.7 Å². The fraction of sp³-hybridized carbons (Fsp3) is 0. The molecule has 0 spiro atoms. The Morgan fingerprint density at radius 3 is 0.853 bits per heavy atom. The zero-order valence-electron chi connectivity index (χ0n) is 36.6. The Labute approximate surface area is 512 Å². The van der Waals surface area contributed by atoms with E-state index >= 15 is 0 Å². The van der Waals surface area contributed by atoms with Crippen LogP contribution in [0.25, 0.3) is 21.5 Å². The molecular formula is C36H32Mo6N10O23-36. The smallest absolute Gasteiger partial charge is 0.355 e. The topological polar surface area (TPSA) is 742 Å². The van der Waals surface area contributed by atoms with Crippen LogP contribution in [0.4, 0.5) is 9.59 Å². The number of nitrogens with one attached hydrogen (secondary N) is 6. The fourth-order valence-electron chi connectivity index (χ4n) is 4.50. The zero-order chi connectivity index (χ0) is 35.0. The Hall–Kier alpha value is -4.11. The first kappa shape index (κ1) is 139. The number of pyridine rings is 2. The van der Waals surface area contributed by atoms with E-state index in [0.29, 0.717) is 11.1 Å². The average molecular weight is 1550 g/mol. The SMILES string of the molecule is O=C(N/N=C/c1cc[nH+]cc1)N/N=C/c1c(O)ccc2ccccc12.O=C(N/N=C/c1cc[nH+]cc1)N/N=C/c1c(O)ccc2ccccc12.[Mo].[Mo].[Mo].[Mo].[Mo].[Mo].[O-2].[O-2].[O-2].[O-2].[O-2].[O-2].[O-2].[O-2].[O-2].[O-2].[O-2].[O-2].[O-2].[O-2].[O-2].[O-2].[O-2].[O-2].[O-2]. The van der Waals surface area contributed by atoms with Crippen molar-refractivity contribution in [3.05, 3.63) is 144 Å². The third-order valence-corrected chi connectivity index (χ3v) is 6.86. The van der Waals surface area contributed by atoms with E-state index in [1.807, 2.05) is 84.9 Å². The van der Waals surface area contributed by atoms with Gasteiger partial charge in [0.05, 0.1) is 24.9 Å². The van der Waals surface area contributed by atoms with Gasteiger partial charge in [0, 0.05) is 173 Å². The number of carbonyl (C=O) groups is 2. The molecule has 0 unspecified atom stereocenters. The number of hydrogen-bond acceptors (Lipinski definition) is 8. The van der Waals surface area contributed by atoms with Crippen molar-refractivity contribution >= 4 is 58.5 Å². The molecule has 75 heavy (non-hydrogen) atoms. The number of fused-ring (bicyclic) bond motifs is 2. The van der Waals surface area contributed by atoms with Gasteiger partial charge in [-0.2, -0.15) is 20.4 Å². The molecule has 8 N–H and O–H groups in total. The number of carbonyl (C=O) groups excluding carboxylic acids is 2. The fourth-order valence-corrected chi connectivity index (χ4v) is 4.50. The molecular weight excluding hydrogens is 1520 g/mol. The Bertz CT molecular complexity index is 2110. The minimum atomic E-state index is -0.588. The summed E-state index contributed by atoms with van der Waals surface area (Å²) in [5, 5.41) is 38.9. The minimum absolute atomic E-state index is 0. The van der Waals surface area contributed by atoms with Crippen LogP contribution in [0.1, 0.15) is 22.3 Å². The number of benzene rings is 4. The molecule has 0 bridgehead atoms. The third-order valence-electron chi connectivity index (χ3n) is 6.86. The summed E-state index contributed by atoms with van der Waals surface area (Å²) in [6, 6.07) is 28.1. The first-order valence-corrected chi connectivity index (χ1v) is 15.1. The maximum atomic E-state index is 11.7. The second-order valence-electron chi connectivity index (χ2n) is 10.2. The minimum Gasteiger partial charge on any atom is -2.00 e. The van der Waals surface area contributed by atoms with Gasteiger partial charge in [-0.3, -0.25) is 0 Å². The van der Waals surface area contributed by atoms with E-state index in [4.69, 9.17) is 0 Å². The first-order chi connectivity index (χ1) is 24.5. The van der Waals surface area contributed by atoms with Crippen LogP contribution in [-0.2, 0) is 230 Å². The summed E-state index contributed by atoms with van der Waals surface area (Å²) in [4.78, 5) is 29.1. The monoisotopic (exact) mass is 1560 g/mol. The third kappa shape index (κ3) is 45.8. The van der Waals surface area contributed by atoms with E-state index in [1.165, 1.54) is 24.9 Å². The van der Waals surface area contributed by atoms with Crippen LogP contribution in [0.5, 0.6) is 11.5 Å². The van der Waals surface area contributed by atoms with Crippen molar-refractivity contribution in [2.24, 2.45) is 20.4 Å². The predicted molar refractivity (Wildman–Crippen MR) is 204 cm³/mol. The van der Waals surface area contributed by atoms with Crippen LogP contribution in [-0.4, -0.2) is 47.1 Å². The van der Waals surface area contributed by atoms with Crippen LogP contribution < -0.4 is 31.7 Å². The van der Waals surface area contributed by atoms with Crippen LogP contribution in [0, 0.1) is 0 Å². The quantitative estimate of drug-likeness (QED) is 0.0754. The second-order valence-corrected chi connectivity index (χ2v) is 10.2. The van der Waals surface area contributed by atoms with Crippen LogP contribution in [0.2, 0.25) is 0 Å². The van der Waals surface area contributed by atoms with Gasteiger partial charge in [0.25, 0.3) is 0 Å². The molecule has 2 aromatic heterocycles. The largest absolute Gasteiger partial charge is 2.00 e. The van der Waals surface area contributed by atoms with Gasteiger partial charge < -0.3 is 114 Å². The number of hydrogen-bond donors (Lipinski definition) is 6. The van der Waals surface area contributed by atoms with Crippen molar-refractivity contribution in [1.29, 1.82) is 0 Å². The maximum Gasteiger partial charge on any atom is 0.355 e. The molecule has 2 heterocycles. The molecule has 0 aliphatic heterocycles. The van der Waals surface area contributed by atoms with Gasteiger partial charge in [0.2, 0.25) is 0 Å². The van der Waals surface area contributed by atoms with Gasteiger partial charge in [0.1, 0.15) is 11.5 Å². The number of amides is 4. The Morgan fingerprint density at radius 1 is 0.347 bits per heavy atom. The summed E-state index contributed by atoms with van der Waals surface area (Å²) >= 11 is 0. The summed E-state index contributed by atoms with van der Waals surface area (Å²) in [6.07, 6.45) is 12.8. The van der Waals surface area contributed by atoms with E-state index in [2.05, 4.69) is 52.1 Å². The molecule has 4 amide bonds.